The molecule has 170 valence electrons. The van der Waals surface area contributed by atoms with Gasteiger partial charge in [-0.2, -0.15) is 0 Å². The van der Waals surface area contributed by atoms with Gasteiger partial charge in [-0.05, 0) is 40.5 Å². The van der Waals surface area contributed by atoms with E-state index in [0.29, 0.717) is 18.8 Å². The fourth-order valence-corrected chi connectivity index (χ4v) is 3.98. The molecule has 0 saturated heterocycles. The topological polar surface area (TPSA) is 125 Å². The second-order valence-electron chi connectivity index (χ2n) is 8.00. The lowest BCUT2D eigenvalue weighted by Crippen LogP contribution is -2.14. The second-order valence-corrected chi connectivity index (χ2v) is 8.00. The van der Waals surface area contributed by atoms with Gasteiger partial charge in [-0.15, -0.1) is 10.2 Å². The lowest BCUT2D eigenvalue weighted by atomic mass is 9.97. The van der Waals surface area contributed by atoms with Crippen LogP contribution in [-0.2, 0) is 13.0 Å². The van der Waals surface area contributed by atoms with E-state index < -0.39 is 18.2 Å². The summed E-state index contributed by atoms with van der Waals surface area (Å²) in [7, 11) is 0. The molecular weight excluding hydrogens is 420 g/mol. The first-order chi connectivity index (χ1) is 16.0. The molecule has 0 amide bonds. The molecule has 2 N–H and O–H groups in total. The Morgan fingerprint density at radius 1 is 1.09 bits per heavy atom. The van der Waals surface area contributed by atoms with Crippen LogP contribution < -0.4 is 0 Å². The molecule has 0 radical (unpaired) electrons. The summed E-state index contributed by atoms with van der Waals surface area (Å²) < 4.78 is 1.71. The molecule has 1 unspecified atom stereocenters. The Morgan fingerprint density at radius 3 is 2.42 bits per heavy atom. The maximum Gasteiger partial charge on any atom is 0.354 e. The number of benzene rings is 2. The zero-order chi connectivity index (χ0) is 23.4. The van der Waals surface area contributed by atoms with E-state index in [1.165, 1.54) is 0 Å². The number of carbonyl (C=O) groups is 1. The van der Waals surface area contributed by atoms with Gasteiger partial charge in [0.15, 0.2) is 5.69 Å². The molecule has 1 atom stereocenters. The van der Waals surface area contributed by atoms with Gasteiger partial charge in [-0.1, -0.05) is 61.9 Å². The van der Waals surface area contributed by atoms with E-state index in [4.69, 9.17) is 0 Å². The molecule has 0 spiro atoms. The smallest absolute Gasteiger partial charge is 0.354 e. The molecule has 2 heterocycles. The highest BCUT2D eigenvalue weighted by Gasteiger charge is 2.25. The maximum absolute atomic E-state index is 12.0. The Kier molecular flexibility index (Phi) is 6.69. The van der Waals surface area contributed by atoms with Crippen LogP contribution >= 0.6 is 0 Å². The van der Waals surface area contributed by atoms with Crippen molar-refractivity contribution in [2.75, 3.05) is 0 Å². The van der Waals surface area contributed by atoms with Gasteiger partial charge >= 0.3 is 5.97 Å². The van der Waals surface area contributed by atoms with Crippen molar-refractivity contribution in [1.29, 1.82) is 0 Å². The number of hydrogen-bond acceptors (Lipinski definition) is 7. The van der Waals surface area contributed by atoms with Crippen LogP contribution in [-0.4, -0.2) is 25.7 Å². The molecule has 4 rings (SSSR count). The first-order valence-corrected chi connectivity index (χ1v) is 11.0. The number of aromatic carboxylic acids is 1. The highest BCUT2D eigenvalue weighted by Crippen LogP contribution is 2.33. The number of carboxylic acid groups (broad SMARTS) is 1. The van der Waals surface area contributed by atoms with Crippen LogP contribution in [0.4, 0.5) is 0 Å². The molecule has 0 bridgehead atoms. The van der Waals surface area contributed by atoms with Crippen molar-refractivity contribution in [2.45, 2.75) is 51.9 Å². The molecule has 3 aromatic rings. The number of aliphatic hydroxyl groups is 1. The third-order valence-electron chi connectivity index (χ3n) is 5.63. The van der Waals surface area contributed by atoms with Gasteiger partial charge in [0.2, 0.25) is 6.17 Å². The zero-order valence-electron chi connectivity index (χ0n) is 18.6. The number of imidazole rings is 1. The molecular formula is C24H26N6O3. The second kappa shape index (κ2) is 9.83. The highest BCUT2D eigenvalue weighted by molar-refractivity contribution is 5.87. The Morgan fingerprint density at radius 2 is 1.79 bits per heavy atom. The molecule has 1 aliphatic heterocycles. The van der Waals surface area contributed by atoms with E-state index >= 15 is 0 Å². The van der Waals surface area contributed by atoms with Gasteiger partial charge in [0.05, 0.1) is 6.10 Å². The first kappa shape index (κ1) is 22.5. The van der Waals surface area contributed by atoms with E-state index in [2.05, 4.69) is 32.6 Å². The van der Waals surface area contributed by atoms with Crippen LogP contribution in [0.15, 0.2) is 69.2 Å². The van der Waals surface area contributed by atoms with E-state index in [1.54, 1.807) is 11.5 Å². The number of nitrogens with zero attached hydrogens (tertiary/aromatic N) is 6. The third kappa shape index (κ3) is 4.73. The van der Waals surface area contributed by atoms with Crippen molar-refractivity contribution in [3.8, 4) is 11.1 Å². The SMILES string of the molecule is CCCCc1nc(C(C)O)c(C(=O)O)n1Cc1ccc(-c2ccccc2C2N=NN=N2)cc1. The summed E-state index contributed by atoms with van der Waals surface area (Å²) in [5.74, 6) is -0.414. The predicted molar refractivity (Wildman–Crippen MR) is 122 cm³/mol. The molecule has 9 heteroatoms. The summed E-state index contributed by atoms with van der Waals surface area (Å²) in [6.45, 7) is 3.97. The standard InChI is InChI=1S/C24H26N6O3/c1-3-4-9-20-25-21(15(2)31)22(24(32)33)30(20)14-16-10-12-17(13-11-16)18-7-5-6-8-19(18)23-26-28-29-27-23/h5-8,10-13,15,23,31H,3-4,9,14H2,1-2H3,(H,32,33). The molecule has 33 heavy (non-hydrogen) atoms. The Balaban J connectivity index is 1.66. The minimum absolute atomic E-state index is 0.0440. The molecule has 9 nitrogen and oxygen atoms in total. The van der Waals surface area contributed by atoms with Crippen LogP contribution in [0.1, 0.15) is 72.1 Å². The summed E-state index contributed by atoms with van der Waals surface area (Å²) >= 11 is 0. The average Bonchev–Trinajstić information content (AvgIpc) is 3.47. The molecule has 0 aliphatic carbocycles. The summed E-state index contributed by atoms with van der Waals surface area (Å²) in [6, 6.07) is 15.8. The number of aryl methyl sites for hydroxylation is 1. The van der Waals surface area contributed by atoms with Crippen LogP contribution in [0.25, 0.3) is 11.1 Å². The zero-order valence-corrected chi connectivity index (χ0v) is 18.6. The number of aliphatic hydroxyl groups excluding tert-OH is 1. The monoisotopic (exact) mass is 446 g/mol. The number of rotatable bonds is 9. The van der Waals surface area contributed by atoms with Crippen molar-refractivity contribution in [3.05, 3.63) is 76.9 Å². The minimum atomic E-state index is -1.09. The fraction of sp³-hybridized carbons (Fsp3) is 0.333. The van der Waals surface area contributed by atoms with Crippen molar-refractivity contribution in [1.82, 2.24) is 9.55 Å². The number of aromatic nitrogens is 2. The van der Waals surface area contributed by atoms with E-state index in [1.807, 2.05) is 48.5 Å². The fourth-order valence-electron chi connectivity index (χ4n) is 3.98. The highest BCUT2D eigenvalue weighted by atomic mass is 16.4. The van der Waals surface area contributed by atoms with Crippen LogP contribution in [0.3, 0.4) is 0 Å². The number of carboxylic acids is 1. The first-order valence-electron chi connectivity index (χ1n) is 11.0. The summed E-state index contributed by atoms with van der Waals surface area (Å²) in [6.07, 6.45) is 1.11. The normalized spacial score (nSPS) is 14.2. The molecule has 0 fully saturated rings. The molecule has 1 aromatic heterocycles. The van der Waals surface area contributed by atoms with Gasteiger partial charge in [-0.3, -0.25) is 0 Å². The van der Waals surface area contributed by atoms with Crippen LogP contribution in [0, 0.1) is 0 Å². The third-order valence-corrected chi connectivity index (χ3v) is 5.63. The lowest BCUT2D eigenvalue weighted by Gasteiger charge is -2.13. The molecule has 1 aliphatic rings. The van der Waals surface area contributed by atoms with E-state index in [0.717, 1.165) is 35.1 Å². The predicted octanol–water partition coefficient (Wildman–Crippen LogP) is 5.52. The Bertz CT molecular complexity index is 1190. The van der Waals surface area contributed by atoms with E-state index in [-0.39, 0.29) is 11.4 Å². The van der Waals surface area contributed by atoms with Gasteiger partial charge in [0.25, 0.3) is 0 Å². The molecule has 2 aromatic carbocycles. The summed E-state index contributed by atoms with van der Waals surface area (Å²) in [5, 5.41) is 35.2. The van der Waals surface area contributed by atoms with Gasteiger partial charge in [0, 0.05) is 18.5 Å². The van der Waals surface area contributed by atoms with Gasteiger partial charge in [0.1, 0.15) is 11.5 Å². The van der Waals surface area contributed by atoms with Crippen LogP contribution in [0.5, 0.6) is 0 Å². The Hall–Kier alpha value is -3.72. The largest absolute Gasteiger partial charge is 0.477 e. The minimum Gasteiger partial charge on any atom is -0.477 e. The molecule has 0 saturated carbocycles. The number of hydrogen-bond donors (Lipinski definition) is 2. The summed E-state index contributed by atoms with van der Waals surface area (Å²) in [4.78, 5) is 16.5. The maximum atomic E-state index is 12.0. The van der Waals surface area contributed by atoms with Crippen molar-refractivity contribution in [3.63, 3.8) is 0 Å². The van der Waals surface area contributed by atoms with Crippen molar-refractivity contribution < 1.29 is 15.0 Å². The average molecular weight is 447 g/mol. The van der Waals surface area contributed by atoms with Gasteiger partial charge < -0.3 is 14.8 Å². The summed E-state index contributed by atoms with van der Waals surface area (Å²) in [5.41, 5.74) is 4.09. The Labute approximate surface area is 191 Å². The van der Waals surface area contributed by atoms with Crippen molar-refractivity contribution in [2.24, 2.45) is 20.7 Å². The lowest BCUT2D eigenvalue weighted by molar-refractivity contribution is 0.0677. The van der Waals surface area contributed by atoms with Gasteiger partial charge in [-0.25, -0.2) is 9.78 Å². The quantitative estimate of drug-likeness (QED) is 0.448. The van der Waals surface area contributed by atoms with Crippen molar-refractivity contribution >= 4 is 5.97 Å². The van der Waals surface area contributed by atoms with Crippen LogP contribution in [0.2, 0.25) is 0 Å². The number of unbranched alkanes of at least 4 members (excludes halogenated alkanes) is 1. The van der Waals surface area contributed by atoms with E-state index in [9.17, 15) is 15.0 Å².